The van der Waals surface area contributed by atoms with Crippen molar-refractivity contribution in [3.63, 3.8) is 0 Å². The predicted molar refractivity (Wildman–Crippen MR) is 51.3 cm³/mol. The number of hydrogen-bond acceptors (Lipinski definition) is 2. The van der Waals surface area contributed by atoms with Crippen LogP contribution in [0.5, 0.6) is 5.75 Å². The summed E-state index contributed by atoms with van der Waals surface area (Å²) in [6.45, 7) is 0.693. The summed E-state index contributed by atoms with van der Waals surface area (Å²) in [7, 11) is 5.53. The zero-order valence-corrected chi connectivity index (χ0v) is 7.05. The third kappa shape index (κ3) is 3.54. The van der Waals surface area contributed by atoms with Gasteiger partial charge >= 0.3 is 0 Å². The predicted octanol–water partition coefficient (Wildman–Crippen LogP) is 1.17. The van der Waals surface area contributed by atoms with Crippen molar-refractivity contribution in [1.82, 2.24) is 0 Å². The Labute approximate surface area is 77.6 Å². The van der Waals surface area contributed by atoms with E-state index in [1.807, 2.05) is 0 Å². The zero-order valence-electron chi connectivity index (χ0n) is 7.05. The summed E-state index contributed by atoms with van der Waals surface area (Å²) in [6, 6.07) is 7.10. The van der Waals surface area contributed by atoms with Gasteiger partial charge in [0.25, 0.3) is 0 Å². The number of benzene rings is 1. The second-order valence-corrected chi connectivity index (χ2v) is 2.38. The summed E-state index contributed by atoms with van der Waals surface area (Å²) in [6.07, 6.45) is 0. The van der Waals surface area contributed by atoms with Gasteiger partial charge in [0.1, 0.15) is 13.6 Å². The van der Waals surface area contributed by atoms with Crippen molar-refractivity contribution < 1.29 is 4.74 Å². The lowest BCUT2D eigenvalue weighted by atomic mass is 9.96. The molecule has 0 aliphatic rings. The van der Waals surface area contributed by atoms with Gasteiger partial charge in [-0.25, -0.2) is 0 Å². The molecule has 0 N–H and O–H groups in total. The molecule has 0 saturated heterocycles. The van der Waals surface area contributed by atoms with Crippen LogP contribution in [0.25, 0.3) is 10.4 Å². The Morgan fingerprint density at radius 2 is 2.38 bits per heavy atom. The van der Waals surface area contributed by atoms with Gasteiger partial charge in [0.05, 0.1) is 13.2 Å². The molecule has 4 nitrogen and oxygen atoms in total. The van der Waals surface area contributed by atoms with Gasteiger partial charge in [-0.2, -0.15) is 0 Å². The summed E-state index contributed by atoms with van der Waals surface area (Å²) in [5, 5.41) is 3.33. The quantitative estimate of drug-likeness (QED) is 0.221. The lowest BCUT2D eigenvalue weighted by molar-refractivity contribution is 0.328. The minimum Gasteiger partial charge on any atom is -0.493 e. The van der Waals surface area contributed by atoms with E-state index in [0.717, 1.165) is 0 Å². The molecule has 1 aromatic rings. The van der Waals surface area contributed by atoms with Crippen LogP contribution in [0.1, 0.15) is 0 Å². The fourth-order valence-corrected chi connectivity index (χ4v) is 0.853. The maximum atomic E-state index is 7.99. The van der Waals surface area contributed by atoms with E-state index in [4.69, 9.17) is 18.1 Å². The minimum atomic E-state index is 0.325. The van der Waals surface area contributed by atoms with Crippen LogP contribution < -0.4 is 10.2 Å². The molecule has 5 heteroatoms. The summed E-state index contributed by atoms with van der Waals surface area (Å²) in [5.41, 5.74) is 8.64. The Bertz CT molecular complexity index is 323. The normalized spacial score (nSPS) is 8.92. The van der Waals surface area contributed by atoms with Crippen LogP contribution in [0.3, 0.4) is 0 Å². The fraction of sp³-hybridized carbons (Fsp3) is 0.250. The standard InChI is InChI=1S/C8H8BN3O/c9-7-2-1-3-8(6-7)13-5-4-11-12-10/h1-3,6H,4-5H2. The fourth-order valence-electron chi connectivity index (χ4n) is 0.853. The van der Waals surface area contributed by atoms with Crippen LogP contribution in [-0.2, 0) is 0 Å². The SMILES string of the molecule is [B]c1cccc(OCCN=[N+]=[N-])c1. The molecular weight excluding hydrogens is 165 g/mol. The van der Waals surface area contributed by atoms with E-state index in [1.54, 1.807) is 24.3 Å². The Kier molecular flexibility index (Phi) is 3.73. The first-order valence-electron chi connectivity index (χ1n) is 3.82. The third-order valence-electron chi connectivity index (χ3n) is 1.38. The van der Waals surface area contributed by atoms with Gasteiger partial charge in [0.15, 0.2) is 0 Å². The first-order chi connectivity index (χ1) is 6.33. The average Bonchev–Trinajstić information content (AvgIpc) is 2.13. The molecular formula is C8H8BN3O. The van der Waals surface area contributed by atoms with Crippen molar-refractivity contribution in [2.75, 3.05) is 13.2 Å². The van der Waals surface area contributed by atoms with E-state index in [-0.39, 0.29) is 0 Å². The molecule has 0 aliphatic heterocycles. The van der Waals surface area contributed by atoms with Crippen molar-refractivity contribution in [2.24, 2.45) is 5.11 Å². The Balaban J connectivity index is 2.40. The number of rotatable bonds is 4. The molecule has 0 spiro atoms. The van der Waals surface area contributed by atoms with Gasteiger partial charge in [-0.3, -0.25) is 0 Å². The smallest absolute Gasteiger partial charge is 0.118 e. The van der Waals surface area contributed by atoms with E-state index in [0.29, 0.717) is 24.4 Å². The van der Waals surface area contributed by atoms with Crippen LogP contribution in [0, 0.1) is 0 Å². The molecule has 64 valence electrons. The summed E-state index contributed by atoms with van der Waals surface area (Å²) in [5.74, 6) is 0.688. The van der Waals surface area contributed by atoms with Gasteiger partial charge in [0, 0.05) is 4.91 Å². The largest absolute Gasteiger partial charge is 0.493 e. The second kappa shape index (κ2) is 5.11. The minimum absolute atomic E-state index is 0.325. The lowest BCUT2D eigenvalue weighted by Gasteiger charge is -2.03. The van der Waals surface area contributed by atoms with Gasteiger partial charge in [-0.15, -0.1) is 0 Å². The molecule has 0 saturated carbocycles. The molecule has 0 aliphatic carbocycles. The number of nitrogens with zero attached hydrogens (tertiary/aromatic N) is 3. The zero-order chi connectivity index (χ0) is 9.52. The highest BCUT2D eigenvalue weighted by molar-refractivity contribution is 6.32. The van der Waals surface area contributed by atoms with Crippen LogP contribution in [0.4, 0.5) is 0 Å². The molecule has 1 rings (SSSR count). The maximum Gasteiger partial charge on any atom is 0.118 e. The summed E-state index contributed by atoms with van der Waals surface area (Å²) >= 11 is 0. The number of ether oxygens (including phenoxy) is 1. The van der Waals surface area contributed by atoms with Crippen molar-refractivity contribution in [3.05, 3.63) is 34.7 Å². The summed E-state index contributed by atoms with van der Waals surface area (Å²) in [4.78, 5) is 2.60. The van der Waals surface area contributed by atoms with Gasteiger partial charge in [0.2, 0.25) is 0 Å². The molecule has 0 bridgehead atoms. The molecule has 0 heterocycles. The molecule has 2 radical (unpaired) electrons. The Hall–Kier alpha value is -1.61. The van der Waals surface area contributed by atoms with E-state index >= 15 is 0 Å². The lowest BCUT2D eigenvalue weighted by Crippen LogP contribution is -2.05. The van der Waals surface area contributed by atoms with Crippen molar-refractivity contribution in [3.8, 4) is 5.75 Å². The van der Waals surface area contributed by atoms with Crippen molar-refractivity contribution in [1.29, 1.82) is 0 Å². The first-order valence-corrected chi connectivity index (χ1v) is 3.82. The summed E-state index contributed by atoms with van der Waals surface area (Å²) < 4.78 is 5.24. The van der Waals surface area contributed by atoms with Crippen molar-refractivity contribution >= 4 is 13.3 Å². The Morgan fingerprint density at radius 3 is 3.08 bits per heavy atom. The van der Waals surface area contributed by atoms with Crippen LogP contribution in [0.2, 0.25) is 0 Å². The van der Waals surface area contributed by atoms with E-state index in [2.05, 4.69) is 10.0 Å². The highest BCUT2D eigenvalue weighted by Gasteiger charge is 1.91. The first kappa shape index (κ1) is 9.48. The van der Waals surface area contributed by atoms with Crippen LogP contribution >= 0.6 is 0 Å². The highest BCUT2D eigenvalue weighted by Crippen LogP contribution is 2.05. The average molecular weight is 173 g/mol. The van der Waals surface area contributed by atoms with Crippen LogP contribution in [-0.4, -0.2) is 21.0 Å². The molecule has 0 aromatic heterocycles. The van der Waals surface area contributed by atoms with E-state index < -0.39 is 0 Å². The van der Waals surface area contributed by atoms with E-state index in [1.165, 1.54) is 0 Å². The number of azide groups is 1. The highest BCUT2D eigenvalue weighted by atomic mass is 16.5. The second-order valence-electron chi connectivity index (χ2n) is 2.38. The molecule has 0 unspecified atom stereocenters. The molecule has 0 amide bonds. The van der Waals surface area contributed by atoms with Gasteiger partial charge in [-0.05, 0) is 17.7 Å². The molecule has 0 fully saturated rings. The number of hydrogen-bond donors (Lipinski definition) is 0. The maximum absolute atomic E-state index is 7.99. The van der Waals surface area contributed by atoms with Crippen LogP contribution in [0.15, 0.2) is 29.4 Å². The Morgan fingerprint density at radius 1 is 1.54 bits per heavy atom. The molecule has 13 heavy (non-hydrogen) atoms. The topological polar surface area (TPSA) is 58.0 Å². The molecule has 1 aromatic carbocycles. The molecule has 0 atom stereocenters. The third-order valence-corrected chi connectivity index (χ3v) is 1.38. The van der Waals surface area contributed by atoms with Gasteiger partial charge in [-0.1, -0.05) is 22.7 Å². The monoisotopic (exact) mass is 173 g/mol. The van der Waals surface area contributed by atoms with Crippen molar-refractivity contribution in [2.45, 2.75) is 0 Å². The van der Waals surface area contributed by atoms with Gasteiger partial charge < -0.3 is 4.74 Å². The van der Waals surface area contributed by atoms with E-state index in [9.17, 15) is 0 Å².